The van der Waals surface area contributed by atoms with Crippen LogP contribution in [0.1, 0.15) is 50.1 Å². The number of nitrogens with zero attached hydrogens (tertiary/aromatic N) is 4. The predicted octanol–water partition coefficient (Wildman–Crippen LogP) is 4.23. The van der Waals surface area contributed by atoms with Crippen molar-refractivity contribution in [2.45, 2.75) is 57.7 Å². The molecule has 0 aliphatic carbocycles. The fraction of sp³-hybridized carbons (Fsp3) is 0.500. The zero-order valence-electron chi connectivity index (χ0n) is 20.6. The van der Waals surface area contributed by atoms with Crippen LogP contribution >= 0.6 is 0 Å². The maximum Gasteiger partial charge on any atom is 0.329 e. The van der Waals surface area contributed by atoms with Crippen molar-refractivity contribution in [2.75, 3.05) is 32.7 Å². The third-order valence-electron chi connectivity index (χ3n) is 7.58. The van der Waals surface area contributed by atoms with Crippen LogP contribution in [-0.4, -0.2) is 57.7 Å². The third kappa shape index (κ3) is 5.45. The molecule has 0 saturated carbocycles. The van der Waals surface area contributed by atoms with Crippen LogP contribution in [0.2, 0.25) is 0 Å². The van der Waals surface area contributed by atoms with E-state index in [0.717, 1.165) is 48.9 Å². The van der Waals surface area contributed by atoms with Gasteiger partial charge in [0.1, 0.15) is 0 Å². The van der Waals surface area contributed by atoms with Crippen molar-refractivity contribution < 1.29 is 4.79 Å². The largest absolute Gasteiger partial charge is 0.334 e. The van der Waals surface area contributed by atoms with Gasteiger partial charge in [0.15, 0.2) is 0 Å². The smallest absolute Gasteiger partial charge is 0.329 e. The van der Waals surface area contributed by atoms with Gasteiger partial charge in [0, 0.05) is 32.2 Å². The number of aryl methyl sites for hydroxylation is 1. The molecule has 0 atom stereocenters. The van der Waals surface area contributed by atoms with Gasteiger partial charge in [0.25, 0.3) is 0 Å². The number of nitrogens with one attached hydrogen (secondary N) is 1. The van der Waals surface area contributed by atoms with E-state index in [2.05, 4.69) is 22.3 Å². The number of urea groups is 1. The van der Waals surface area contributed by atoms with Crippen molar-refractivity contribution in [1.82, 2.24) is 24.3 Å². The maximum absolute atomic E-state index is 13.6. The number of hydrogen-bond acceptors (Lipinski definition) is 3. The van der Waals surface area contributed by atoms with E-state index in [-0.39, 0.29) is 17.8 Å². The van der Waals surface area contributed by atoms with Gasteiger partial charge in [-0.15, -0.1) is 0 Å². The molecule has 35 heavy (non-hydrogen) atoms. The zero-order chi connectivity index (χ0) is 24.0. The van der Waals surface area contributed by atoms with E-state index < -0.39 is 0 Å². The fourth-order valence-electron chi connectivity index (χ4n) is 5.65. The quantitative estimate of drug-likeness (QED) is 0.556. The zero-order valence-corrected chi connectivity index (χ0v) is 20.6. The van der Waals surface area contributed by atoms with Crippen molar-refractivity contribution in [1.29, 1.82) is 0 Å². The summed E-state index contributed by atoms with van der Waals surface area (Å²) in [6.07, 6.45) is 6.51. The molecule has 0 radical (unpaired) electrons. The lowest BCUT2D eigenvalue weighted by Crippen LogP contribution is -2.45. The lowest BCUT2D eigenvalue weighted by atomic mass is 10.0. The Hall–Kier alpha value is -3.06. The molecule has 2 aliphatic rings. The highest BCUT2D eigenvalue weighted by Crippen LogP contribution is 2.26. The number of piperidine rings is 2. The molecule has 2 saturated heterocycles. The van der Waals surface area contributed by atoms with E-state index in [1.807, 2.05) is 56.5 Å². The Morgan fingerprint density at radius 1 is 0.829 bits per heavy atom. The Morgan fingerprint density at radius 2 is 1.51 bits per heavy atom. The molecule has 1 aromatic heterocycles. The number of fused-ring (bicyclic) bond motifs is 1. The average molecular weight is 476 g/mol. The van der Waals surface area contributed by atoms with Gasteiger partial charge >= 0.3 is 11.7 Å². The molecule has 2 amide bonds. The number of carbonyl (C=O) groups excluding carboxylic acids is 1. The number of para-hydroxylation sites is 2. The minimum absolute atomic E-state index is 0.0280. The SMILES string of the molecule is O=C(NCc1ccccc1)N1CCC(n2c(=O)n(CCCN3CCCCC3)c3ccccc32)CC1. The van der Waals surface area contributed by atoms with Gasteiger partial charge < -0.3 is 15.1 Å². The summed E-state index contributed by atoms with van der Waals surface area (Å²) in [6.45, 7) is 6.04. The molecule has 7 heteroatoms. The molecule has 3 heterocycles. The summed E-state index contributed by atoms with van der Waals surface area (Å²) in [6, 6.07) is 18.2. The first kappa shape index (κ1) is 23.7. The van der Waals surface area contributed by atoms with Crippen LogP contribution in [0.5, 0.6) is 0 Å². The van der Waals surface area contributed by atoms with Crippen molar-refractivity contribution in [2.24, 2.45) is 0 Å². The Bertz CT molecular complexity index is 1170. The molecule has 0 spiro atoms. The molecule has 3 aromatic rings. The lowest BCUT2D eigenvalue weighted by Gasteiger charge is -2.32. The van der Waals surface area contributed by atoms with E-state index in [4.69, 9.17) is 0 Å². The van der Waals surface area contributed by atoms with Crippen molar-refractivity contribution in [3.05, 3.63) is 70.6 Å². The monoisotopic (exact) mass is 475 g/mol. The van der Waals surface area contributed by atoms with Crippen LogP contribution in [0.15, 0.2) is 59.4 Å². The summed E-state index contributed by atoms with van der Waals surface area (Å²) < 4.78 is 3.97. The van der Waals surface area contributed by atoms with Crippen LogP contribution < -0.4 is 11.0 Å². The van der Waals surface area contributed by atoms with E-state index in [1.165, 1.54) is 32.4 Å². The molecule has 0 unspecified atom stereocenters. The molecule has 7 nitrogen and oxygen atoms in total. The highest BCUT2D eigenvalue weighted by molar-refractivity contribution is 5.76. The highest BCUT2D eigenvalue weighted by Gasteiger charge is 2.27. The molecule has 0 bridgehead atoms. The summed E-state index contributed by atoms with van der Waals surface area (Å²) in [4.78, 5) is 30.7. The van der Waals surface area contributed by atoms with E-state index >= 15 is 0 Å². The number of imidazole rings is 1. The minimum atomic E-state index is -0.0280. The summed E-state index contributed by atoms with van der Waals surface area (Å²) >= 11 is 0. The maximum atomic E-state index is 13.6. The second-order valence-electron chi connectivity index (χ2n) is 9.91. The van der Waals surface area contributed by atoms with Gasteiger partial charge in [-0.25, -0.2) is 9.59 Å². The summed E-state index contributed by atoms with van der Waals surface area (Å²) in [7, 11) is 0. The second-order valence-corrected chi connectivity index (χ2v) is 9.91. The third-order valence-corrected chi connectivity index (χ3v) is 7.58. The molecule has 2 aliphatic heterocycles. The average Bonchev–Trinajstić information content (AvgIpc) is 3.19. The molecule has 2 fully saturated rings. The van der Waals surface area contributed by atoms with Gasteiger partial charge in [0.2, 0.25) is 0 Å². The summed E-state index contributed by atoms with van der Waals surface area (Å²) in [5.74, 6) is 0. The van der Waals surface area contributed by atoms with Crippen LogP contribution in [0.25, 0.3) is 11.0 Å². The van der Waals surface area contributed by atoms with Crippen LogP contribution in [0, 0.1) is 0 Å². The van der Waals surface area contributed by atoms with Crippen LogP contribution in [0.4, 0.5) is 4.79 Å². The number of amides is 2. The number of hydrogen-bond donors (Lipinski definition) is 1. The van der Waals surface area contributed by atoms with Gasteiger partial charge in [-0.2, -0.15) is 0 Å². The lowest BCUT2D eigenvalue weighted by molar-refractivity contribution is 0.171. The number of aromatic nitrogens is 2. The molecular formula is C28H37N5O2. The molecule has 5 rings (SSSR count). The van der Waals surface area contributed by atoms with Crippen LogP contribution in [-0.2, 0) is 13.1 Å². The molecule has 186 valence electrons. The Kier molecular flexibility index (Phi) is 7.52. The topological polar surface area (TPSA) is 62.5 Å². The number of benzene rings is 2. The predicted molar refractivity (Wildman–Crippen MR) is 140 cm³/mol. The van der Waals surface area contributed by atoms with Crippen molar-refractivity contribution in [3.63, 3.8) is 0 Å². The normalized spacial score (nSPS) is 17.7. The molecule has 2 aromatic carbocycles. The molecular weight excluding hydrogens is 438 g/mol. The fourth-order valence-corrected chi connectivity index (χ4v) is 5.65. The highest BCUT2D eigenvalue weighted by atomic mass is 16.2. The van der Waals surface area contributed by atoms with E-state index in [0.29, 0.717) is 19.6 Å². The minimum Gasteiger partial charge on any atom is -0.334 e. The summed E-state index contributed by atoms with van der Waals surface area (Å²) in [5.41, 5.74) is 3.23. The second kappa shape index (κ2) is 11.1. The molecule has 1 N–H and O–H groups in total. The number of rotatable bonds is 7. The van der Waals surface area contributed by atoms with Gasteiger partial charge in [-0.1, -0.05) is 48.9 Å². The van der Waals surface area contributed by atoms with E-state index in [1.54, 1.807) is 0 Å². The first-order valence-corrected chi connectivity index (χ1v) is 13.2. The van der Waals surface area contributed by atoms with Crippen molar-refractivity contribution in [3.8, 4) is 0 Å². The van der Waals surface area contributed by atoms with Crippen molar-refractivity contribution >= 4 is 17.1 Å². The standard InChI is InChI=1S/C28H37N5O2/c34-27(29-22-23-10-3-1-4-11-23)31-20-14-24(15-21-31)33-26-13-6-5-12-25(26)32(28(33)35)19-9-18-30-16-7-2-8-17-30/h1,3-6,10-13,24H,2,7-9,14-22H2,(H,29,34). The Morgan fingerprint density at radius 3 is 2.26 bits per heavy atom. The Balaban J connectivity index is 1.22. The number of carbonyl (C=O) groups is 1. The summed E-state index contributed by atoms with van der Waals surface area (Å²) in [5, 5.41) is 3.03. The first-order chi connectivity index (χ1) is 17.2. The van der Waals surface area contributed by atoms with Gasteiger partial charge in [-0.05, 0) is 69.4 Å². The first-order valence-electron chi connectivity index (χ1n) is 13.2. The number of likely N-dealkylation sites (tertiary alicyclic amines) is 2. The van der Waals surface area contributed by atoms with E-state index in [9.17, 15) is 9.59 Å². The van der Waals surface area contributed by atoms with Crippen LogP contribution in [0.3, 0.4) is 0 Å². The Labute approximate surface area is 207 Å². The van der Waals surface area contributed by atoms with Gasteiger partial charge in [0.05, 0.1) is 11.0 Å². The van der Waals surface area contributed by atoms with Gasteiger partial charge in [-0.3, -0.25) is 9.13 Å².